The van der Waals surface area contributed by atoms with Crippen LogP contribution in [0.3, 0.4) is 0 Å². The third kappa shape index (κ3) is 3.12. The smallest absolute Gasteiger partial charge is 0.253 e. The number of carbonyl (C=O) groups is 1. The molecule has 0 bridgehead atoms. The van der Waals surface area contributed by atoms with Gasteiger partial charge < -0.3 is 10.6 Å². The SMILES string of the molecule is CN(C(=O)c1ccc(N)cc1)C1CC(C)(C)N(C)C(C)(C)C1. The summed E-state index contributed by atoms with van der Waals surface area (Å²) in [6.07, 6.45) is 1.95. The minimum Gasteiger partial charge on any atom is -0.399 e. The largest absolute Gasteiger partial charge is 0.399 e. The Kier molecular flexibility index (Phi) is 4.26. The van der Waals surface area contributed by atoms with Crippen LogP contribution < -0.4 is 5.73 Å². The van der Waals surface area contributed by atoms with Crippen LogP contribution >= 0.6 is 0 Å². The molecule has 0 spiro atoms. The van der Waals surface area contributed by atoms with E-state index >= 15 is 0 Å². The number of nitrogens with zero attached hydrogens (tertiary/aromatic N) is 2. The number of hydrogen-bond donors (Lipinski definition) is 1. The lowest BCUT2D eigenvalue weighted by atomic mass is 9.77. The molecule has 1 saturated heterocycles. The fourth-order valence-electron chi connectivity index (χ4n) is 3.59. The van der Waals surface area contributed by atoms with Gasteiger partial charge >= 0.3 is 0 Å². The van der Waals surface area contributed by atoms with Gasteiger partial charge in [-0.25, -0.2) is 0 Å². The first-order chi connectivity index (χ1) is 10.0. The highest BCUT2D eigenvalue weighted by atomic mass is 16.2. The quantitative estimate of drug-likeness (QED) is 0.855. The summed E-state index contributed by atoms with van der Waals surface area (Å²) in [7, 11) is 4.10. The van der Waals surface area contributed by atoms with E-state index < -0.39 is 0 Å². The zero-order valence-electron chi connectivity index (χ0n) is 14.7. The fourth-order valence-corrected chi connectivity index (χ4v) is 3.59. The number of likely N-dealkylation sites (tertiary alicyclic amines) is 1. The minimum atomic E-state index is 0.0705. The Hall–Kier alpha value is -1.55. The molecule has 2 rings (SSSR count). The Morgan fingerprint density at radius 2 is 1.59 bits per heavy atom. The van der Waals surface area contributed by atoms with Gasteiger partial charge in [0.2, 0.25) is 0 Å². The topological polar surface area (TPSA) is 49.6 Å². The summed E-state index contributed by atoms with van der Waals surface area (Å²) < 4.78 is 0. The molecule has 22 heavy (non-hydrogen) atoms. The zero-order valence-corrected chi connectivity index (χ0v) is 14.7. The van der Waals surface area contributed by atoms with Crippen molar-refractivity contribution in [3.8, 4) is 0 Å². The molecule has 1 aromatic carbocycles. The third-order valence-corrected chi connectivity index (χ3v) is 5.31. The van der Waals surface area contributed by atoms with Crippen LogP contribution in [0, 0.1) is 0 Å². The predicted molar refractivity (Wildman–Crippen MR) is 91.9 cm³/mol. The molecule has 0 saturated carbocycles. The van der Waals surface area contributed by atoms with Crippen molar-refractivity contribution in [2.45, 2.75) is 57.7 Å². The molecule has 1 aliphatic rings. The highest BCUT2D eigenvalue weighted by Crippen LogP contribution is 2.38. The molecule has 4 heteroatoms. The number of hydrogen-bond acceptors (Lipinski definition) is 3. The molecule has 0 aliphatic carbocycles. The van der Waals surface area contributed by atoms with E-state index in [0.29, 0.717) is 11.3 Å². The van der Waals surface area contributed by atoms with E-state index in [1.165, 1.54) is 0 Å². The van der Waals surface area contributed by atoms with Gasteiger partial charge in [0.05, 0.1) is 0 Å². The van der Waals surface area contributed by atoms with E-state index in [-0.39, 0.29) is 23.0 Å². The molecule has 1 heterocycles. The molecular weight excluding hydrogens is 274 g/mol. The summed E-state index contributed by atoms with van der Waals surface area (Å²) in [5.41, 5.74) is 7.23. The molecule has 0 atom stereocenters. The molecule has 1 fully saturated rings. The van der Waals surface area contributed by atoms with Crippen LogP contribution in [0.1, 0.15) is 50.9 Å². The van der Waals surface area contributed by atoms with Crippen molar-refractivity contribution in [1.82, 2.24) is 9.80 Å². The van der Waals surface area contributed by atoms with Crippen LogP contribution in [0.25, 0.3) is 0 Å². The maximum absolute atomic E-state index is 12.7. The fraction of sp³-hybridized carbons (Fsp3) is 0.611. The second-order valence-corrected chi connectivity index (χ2v) is 7.78. The first-order valence-electron chi connectivity index (χ1n) is 7.91. The van der Waals surface area contributed by atoms with Crippen molar-refractivity contribution in [3.63, 3.8) is 0 Å². The monoisotopic (exact) mass is 303 g/mol. The zero-order chi connectivity index (χ0) is 16.7. The second kappa shape index (κ2) is 5.58. The third-order valence-electron chi connectivity index (χ3n) is 5.31. The van der Waals surface area contributed by atoms with Crippen LogP contribution in [0.5, 0.6) is 0 Å². The Labute approximate surface area is 134 Å². The normalized spacial score (nSPS) is 21.5. The Bertz CT molecular complexity index is 530. The summed E-state index contributed by atoms with van der Waals surface area (Å²) in [5.74, 6) is 0.0705. The lowest BCUT2D eigenvalue weighted by Crippen LogP contribution is -2.62. The number of carbonyl (C=O) groups excluding carboxylic acids is 1. The average molecular weight is 303 g/mol. The van der Waals surface area contributed by atoms with Crippen molar-refractivity contribution in [2.75, 3.05) is 19.8 Å². The van der Waals surface area contributed by atoms with E-state index in [2.05, 4.69) is 39.6 Å². The van der Waals surface area contributed by atoms with E-state index in [4.69, 9.17) is 5.73 Å². The Morgan fingerprint density at radius 3 is 2.05 bits per heavy atom. The highest BCUT2D eigenvalue weighted by molar-refractivity contribution is 5.94. The van der Waals surface area contributed by atoms with Gasteiger partial charge in [-0.2, -0.15) is 0 Å². The number of piperidine rings is 1. The molecule has 0 aromatic heterocycles. The standard InChI is InChI=1S/C18H29N3O/c1-17(2)11-15(12-18(3,4)21(17)6)20(5)16(22)13-7-9-14(19)10-8-13/h7-10,15H,11-12,19H2,1-6H3. The average Bonchev–Trinajstić information content (AvgIpc) is 2.43. The summed E-state index contributed by atoms with van der Waals surface area (Å²) in [6, 6.07) is 7.41. The number of benzene rings is 1. The predicted octanol–water partition coefficient (Wildman–Crippen LogP) is 2.99. The maximum atomic E-state index is 12.7. The van der Waals surface area contributed by atoms with Crippen molar-refractivity contribution in [2.24, 2.45) is 0 Å². The van der Waals surface area contributed by atoms with Crippen LogP contribution in [0.15, 0.2) is 24.3 Å². The molecular formula is C18H29N3O. The Balaban J connectivity index is 2.20. The van der Waals surface area contributed by atoms with Gasteiger partial charge in [0, 0.05) is 35.4 Å². The Morgan fingerprint density at radius 1 is 1.14 bits per heavy atom. The van der Waals surface area contributed by atoms with E-state index in [1.807, 2.05) is 11.9 Å². The molecule has 1 amide bonds. The van der Waals surface area contributed by atoms with Gasteiger partial charge in [-0.15, -0.1) is 0 Å². The van der Waals surface area contributed by atoms with Gasteiger partial charge in [0.25, 0.3) is 5.91 Å². The van der Waals surface area contributed by atoms with E-state index in [9.17, 15) is 4.79 Å². The maximum Gasteiger partial charge on any atom is 0.253 e. The van der Waals surface area contributed by atoms with Gasteiger partial charge in [0.15, 0.2) is 0 Å². The lowest BCUT2D eigenvalue weighted by Gasteiger charge is -2.55. The molecule has 122 valence electrons. The van der Waals surface area contributed by atoms with E-state index in [0.717, 1.165) is 12.8 Å². The van der Waals surface area contributed by atoms with Gasteiger partial charge in [-0.1, -0.05) is 0 Å². The minimum absolute atomic E-state index is 0.0705. The number of rotatable bonds is 2. The van der Waals surface area contributed by atoms with Crippen molar-refractivity contribution < 1.29 is 4.79 Å². The van der Waals surface area contributed by atoms with Crippen molar-refractivity contribution in [3.05, 3.63) is 29.8 Å². The second-order valence-electron chi connectivity index (χ2n) is 7.78. The first-order valence-corrected chi connectivity index (χ1v) is 7.91. The van der Waals surface area contributed by atoms with Crippen LogP contribution in [-0.2, 0) is 0 Å². The highest BCUT2D eigenvalue weighted by Gasteiger charge is 2.44. The summed E-state index contributed by atoms with van der Waals surface area (Å²) in [4.78, 5) is 17.1. The van der Waals surface area contributed by atoms with E-state index in [1.54, 1.807) is 24.3 Å². The first kappa shape index (κ1) is 16.8. The van der Waals surface area contributed by atoms with Gasteiger partial charge in [-0.05, 0) is 71.8 Å². The number of nitrogen functional groups attached to an aromatic ring is 1. The number of nitrogens with two attached hydrogens (primary N) is 1. The number of anilines is 1. The van der Waals surface area contributed by atoms with Crippen molar-refractivity contribution in [1.29, 1.82) is 0 Å². The summed E-state index contributed by atoms with van der Waals surface area (Å²) >= 11 is 0. The van der Waals surface area contributed by atoms with Crippen LogP contribution in [0.4, 0.5) is 5.69 Å². The van der Waals surface area contributed by atoms with Gasteiger partial charge in [-0.3, -0.25) is 9.69 Å². The molecule has 0 unspecified atom stereocenters. The van der Waals surface area contributed by atoms with Crippen LogP contribution in [-0.4, -0.2) is 46.9 Å². The lowest BCUT2D eigenvalue weighted by molar-refractivity contribution is -0.0376. The van der Waals surface area contributed by atoms with Gasteiger partial charge in [0.1, 0.15) is 0 Å². The molecule has 0 radical (unpaired) electrons. The summed E-state index contributed by atoms with van der Waals surface area (Å²) in [6.45, 7) is 9.01. The molecule has 2 N–H and O–H groups in total. The molecule has 4 nitrogen and oxygen atoms in total. The summed E-state index contributed by atoms with van der Waals surface area (Å²) in [5, 5.41) is 0. The number of amides is 1. The van der Waals surface area contributed by atoms with Crippen molar-refractivity contribution >= 4 is 11.6 Å². The molecule has 1 aromatic rings. The molecule has 1 aliphatic heterocycles. The van der Waals surface area contributed by atoms with Crippen LogP contribution in [0.2, 0.25) is 0 Å².